The van der Waals surface area contributed by atoms with Crippen molar-refractivity contribution in [2.75, 3.05) is 6.61 Å². The largest absolute Gasteiger partial charge is 0.397 e. The van der Waals surface area contributed by atoms with Crippen LogP contribution in [0.1, 0.15) is 13.8 Å². The summed E-state index contributed by atoms with van der Waals surface area (Å²) in [4.78, 5) is 4.27. The molecular formula is C12H17N2O4S+. The lowest BCUT2D eigenvalue weighted by molar-refractivity contribution is -0.668. The van der Waals surface area contributed by atoms with Gasteiger partial charge in [-0.3, -0.25) is 4.55 Å². The molecule has 0 spiro atoms. The van der Waals surface area contributed by atoms with Crippen molar-refractivity contribution in [2.45, 2.75) is 20.4 Å². The first-order valence-electron chi connectivity index (χ1n) is 5.83. The van der Waals surface area contributed by atoms with Crippen LogP contribution in [0.4, 0.5) is 0 Å². The van der Waals surface area contributed by atoms with Gasteiger partial charge in [-0.05, 0) is 19.9 Å². The van der Waals surface area contributed by atoms with Gasteiger partial charge in [0, 0.05) is 6.07 Å². The Hall–Kier alpha value is -1.57. The van der Waals surface area contributed by atoms with E-state index >= 15 is 0 Å². The van der Waals surface area contributed by atoms with Gasteiger partial charge in [-0.15, -0.1) is 0 Å². The lowest BCUT2D eigenvalue weighted by atomic mass is 10.3. The van der Waals surface area contributed by atoms with Crippen LogP contribution in [0.3, 0.4) is 0 Å². The highest BCUT2D eigenvalue weighted by molar-refractivity contribution is 7.80. The fourth-order valence-electron chi connectivity index (χ4n) is 1.52. The summed E-state index contributed by atoms with van der Waals surface area (Å²) in [5.41, 5.74) is 2.25. The van der Waals surface area contributed by atoms with Gasteiger partial charge in [0.2, 0.25) is 5.52 Å². The Balaban J connectivity index is 0.000000224. The lowest BCUT2D eigenvalue weighted by Gasteiger charge is -1.95. The molecule has 0 radical (unpaired) electrons. The highest BCUT2D eigenvalue weighted by atomic mass is 32.3. The standard InChI is InChI=1S/C10H11N2.C2H6O4S/c1-2-12-8-7-11-9-5-3-4-6-10(9)12;1-2-6-7(3,4)5/h3-8H,2H2,1H3;2H2,1H3,(H,3,4,5)/q+1;. The average Bonchev–Trinajstić information content (AvgIpc) is 2.37. The van der Waals surface area contributed by atoms with Crippen LogP contribution in [0.25, 0.3) is 11.0 Å². The zero-order valence-electron chi connectivity index (χ0n) is 10.9. The third-order valence-corrected chi connectivity index (χ3v) is 2.79. The maximum atomic E-state index is 9.56. The van der Waals surface area contributed by atoms with Crippen molar-refractivity contribution in [1.29, 1.82) is 0 Å². The first kappa shape index (κ1) is 15.5. The number of hydrogen-bond acceptors (Lipinski definition) is 4. The number of aryl methyl sites for hydroxylation is 1. The molecule has 0 saturated heterocycles. The first-order valence-corrected chi connectivity index (χ1v) is 7.19. The molecule has 0 aliphatic rings. The molecular weight excluding hydrogens is 268 g/mol. The van der Waals surface area contributed by atoms with Crippen molar-refractivity contribution in [3.63, 3.8) is 0 Å². The van der Waals surface area contributed by atoms with E-state index in [1.807, 2.05) is 30.6 Å². The third kappa shape index (κ3) is 5.29. The second kappa shape index (κ2) is 7.13. The minimum Gasteiger partial charge on any atom is -0.264 e. The summed E-state index contributed by atoms with van der Waals surface area (Å²) in [5, 5.41) is 0. The molecule has 0 saturated carbocycles. The van der Waals surface area contributed by atoms with E-state index in [0.717, 1.165) is 12.1 Å². The van der Waals surface area contributed by atoms with E-state index in [1.54, 1.807) is 0 Å². The maximum absolute atomic E-state index is 9.56. The zero-order chi connectivity index (χ0) is 14.3. The van der Waals surface area contributed by atoms with Crippen LogP contribution in [-0.4, -0.2) is 24.6 Å². The van der Waals surface area contributed by atoms with Crippen molar-refractivity contribution in [3.05, 3.63) is 36.7 Å². The van der Waals surface area contributed by atoms with E-state index in [9.17, 15) is 8.42 Å². The van der Waals surface area contributed by atoms with Crippen molar-refractivity contribution >= 4 is 21.4 Å². The van der Waals surface area contributed by atoms with E-state index in [4.69, 9.17) is 4.55 Å². The van der Waals surface area contributed by atoms with Gasteiger partial charge in [-0.25, -0.2) is 9.17 Å². The Bertz CT molecular complexity index is 623. The Labute approximate surface area is 112 Å². The highest BCUT2D eigenvalue weighted by Gasteiger charge is 2.04. The molecule has 0 aliphatic carbocycles. The van der Waals surface area contributed by atoms with Gasteiger partial charge in [0.1, 0.15) is 12.1 Å². The molecule has 1 aromatic heterocycles. The van der Waals surface area contributed by atoms with E-state index in [1.165, 1.54) is 12.4 Å². The molecule has 0 aliphatic heterocycles. The fraction of sp³-hybridized carbons (Fsp3) is 0.333. The molecule has 1 N–H and O–H groups in total. The normalized spacial score (nSPS) is 10.9. The van der Waals surface area contributed by atoms with Crippen molar-refractivity contribution < 1.29 is 21.7 Å². The zero-order valence-corrected chi connectivity index (χ0v) is 11.7. The van der Waals surface area contributed by atoms with E-state index in [-0.39, 0.29) is 6.61 Å². The molecule has 0 amide bonds. The Kier molecular flexibility index (Phi) is 5.81. The molecule has 1 heterocycles. The van der Waals surface area contributed by atoms with Crippen LogP contribution >= 0.6 is 0 Å². The molecule has 0 bridgehead atoms. The van der Waals surface area contributed by atoms with Crippen LogP contribution in [0.15, 0.2) is 36.7 Å². The van der Waals surface area contributed by atoms with Crippen molar-refractivity contribution in [3.8, 4) is 0 Å². The van der Waals surface area contributed by atoms with Gasteiger partial charge >= 0.3 is 10.4 Å². The quantitative estimate of drug-likeness (QED) is 0.680. The first-order chi connectivity index (χ1) is 8.98. The molecule has 2 rings (SSSR count). The van der Waals surface area contributed by atoms with Crippen LogP contribution in [0.5, 0.6) is 0 Å². The minimum absolute atomic E-state index is 0.0289. The third-order valence-electron chi connectivity index (χ3n) is 2.26. The molecule has 2 aromatic rings. The molecule has 0 unspecified atom stereocenters. The predicted octanol–water partition coefficient (Wildman–Crippen LogP) is 1.37. The highest BCUT2D eigenvalue weighted by Crippen LogP contribution is 2.03. The SMILES string of the molecule is CCOS(=O)(=O)O.CC[n+]1ccnc2ccccc21. The number of fused-ring (bicyclic) bond motifs is 1. The van der Waals surface area contributed by atoms with Crippen LogP contribution in [-0.2, 0) is 21.1 Å². The topological polar surface area (TPSA) is 80.4 Å². The summed E-state index contributed by atoms with van der Waals surface area (Å²) in [5.74, 6) is 0. The van der Waals surface area contributed by atoms with Crippen LogP contribution < -0.4 is 4.57 Å². The summed E-state index contributed by atoms with van der Waals surface area (Å²) in [6.07, 6.45) is 3.84. The Morgan fingerprint density at radius 3 is 2.53 bits per heavy atom. The number of nitrogens with zero attached hydrogens (tertiary/aromatic N) is 2. The summed E-state index contributed by atoms with van der Waals surface area (Å²) < 4.78 is 32.8. The minimum atomic E-state index is -4.17. The Morgan fingerprint density at radius 1 is 1.32 bits per heavy atom. The fourth-order valence-corrected chi connectivity index (χ4v) is 1.81. The van der Waals surface area contributed by atoms with Gasteiger partial charge in [-0.2, -0.15) is 13.0 Å². The van der Waals surface area contributed by atoms with E-state index < -0.39 is 10.4 Å². The number of para-hydroxylation sites is 2. The van der Waals surface area contributed by atoms with Gasteiger partial charge < -0.3 is 0 Å². The predicted molar refractivity (Wildman–Crippen MR) is 70.8 cm³/mol. The van der Waals surface area contributed by atoms with Gasteiger partial charge in [0.05, 0.1) is 12.8 Å². The molecule has 6 nitrogen and oxygen atoms in total. The maximum Gasteiger partial charge on any atom is 0.397 e. The Morgan fingerprint density at radius 2 is 2.00 bits per heavy atom. The van der Waals surface area contributed by atoms with Gasteiger partial charge in [0.15, 0.2) is 6.20 Å². The second-order valence-electron chi connectivity index (χ2n) is 3.54. The summed E-state index contributed by atoms with van der Waals surface area (Å²) in [6, 6.07) is 8.17. The molecule has 7 heteroatoms. The summed E-state index contributed by atoms with van der Waals surface area (Å²) in [6.45, 7) is 4.56. The lowest BCUT2D eigenvalue weighted by Crippen LogP contribution is -2.32. The van der Waals surface area contributed by atoms with E-state index in [0.29, 0.717) is 0 Å². The van der Waals surface area contributed by atoms with Gasteiger partial charge in [0.25, 0.3) is 0 Å². The number of benzene rings is 1. The number of hydrogen-bond donors (Lipinski definition) is 1. The van der Waals surface area contributed by atoms with Crippen LogP contribution in [0, 0.1) is 0 Å². The van der Waals surface area contributed by atoms with Crippen LogP contribution in [0.2, 0.25) is 0 Å². The number of aromatic nitrogens is 2. The smallest absolute Gasteiger partial charge is 0.264 e. The van der Waals surface area contributed by atoms with E-state index in [2.05, 4.69) is 26.7 Å². The monoisotopic (exact) mass is 285 g/mol. The summed E-state index contributed by atoms with van der Waals surface area (Å²) >= 11 is 0. The average molecular weight is 285 g/mol. The second-order valence-corrected chi connectivity index (χ2v) is 4.63. The van der Waals surface area contributed by atoms with Gasteiger partial charge in [-0.1, -0.05) is 12.1 Å². The molecule has 104 valence electrons. The molecule has 1 aromatic carbocycles. The molecule has 0 fully saturated rings. The van der Waals surface area contributed by atoms with Crippen molar-refractivity contribution in [1.82, 2.24) is 4.98 Å². The molecule has 0 atom stereocenters. The summed E-state index contributed by atoms with van der Waals surface area (Å²) in [7, 11) is -4.17. The number of rotatable bonds is 3. The van der Waals surface area contributed by atoms with Crippen molar-refractivity contribution in [2.24, 2.45) is 0 Å². The molecule has 19 heavy (non-hydrogen) atoms.